The van der Waals surface area contributed by atoms with Crippen molar-refractivity contribution in [2.24, 2.45) is 5.41 Å². The lowest BCUT2D eigenvalue weighted by atomic mass is 9.97. The minimum atomic E-state index is -4.27. The van der Waals surface area contributed by atoms with E-state index < -0.39 is 56.6 Å². The Morgan fingerprint density at radius 3 is 2.38 bits per heavy atom. The maximum absolute atomic E-state index is 12.9. The summed E-state index contributed by atoms with van der Waals surface area (Å²) in [4.78, 5) is 38.5. The number of H-pyrrole nitrogens is 1. The number of esters is 1. The van der Waals surface area contributed by atoms with E-state index in [2.05, 4.69) is 4.98 Å². The number of benzene rings is 1. The van der Waals surface area contributed by atoms with E-state index in [0.717, 1.165) is 10.1 Å². The Labute approximate surface area is 201 Å². The predicted octanol–water partition coefficient (Wildman–Crippen LogP) is 2.02. The topological polar surface area (TPSA) is 134 Å². The van der Waals surface area contributed by atoms with Crippen molar-refractivity contribution >= 4 is 27.7 Å². The number of aromatic amines is 1. The zero-order valence-corrected chi connectivity index (χ0v) is 21.0. The standard InChI is InChI=1S/C22H27ClN2O8S/c1-12-6-8-14(9-7-12)34(29,30)33-17-15(11-31-20(27)22(3,4)5)32-19(16(17)23)25-10-13(2)18(26)24-21(25)28/h6-10,15-17,19H,11H2,1-5H3,(H,24,26,28)/t15-,16-,17-,19-/m1/s1. The highest BCUT2D eigenvalue weighted by Gasteiger charge is 2.49. The minimum Gasteiger partial charge on any atom is -0.462 e. The minimum absolute atomic E-state index is 0.0899. The van der Waals surface area contributed by atoms with Crippen molar-refractivity contribution in [1.29, 1.82) is 0 Å². The first kappa shape index (κ1) is 26.1. The average molecular weight is 515 g/mol. The van der Waals surface area contributed by atoms with Gasteiger partial charge in [-0.25, -0.2) is 4.79 Å². The van der Waals surface area contributed by atoms with Crippen LogP contribution in [0.2, 0.25) is 0 Å². The fourth-order valence-corrected chi connectivity index (χ4v) is 4.80. The fourth-order valence-electron chi connectivity index (χ4n) is 3.22. The second-order valence-corrected chi connectivity index (χ2v) is 11.2. The van der Waals surface area contributed by atoms with Crippen LogP contribution < -0.4 is 11.2 Å². The van der Waals surface area contributed by atoms with Crippen LogP contribution in [0.25, 0.3) is 0 Å². The molecule has 0 saturated carbocycles. The van der Waals surface area contributed by atoms with E-state index >= 15 is 0 Å². The molecule has 10 nitrogen and oxygen atoms in total. The summed E-state index contributed by atoms with van der Waals surface area (Å²) >= 11 is 6.55. The van der Waals surface area contributed by atoms with Crippen molar-refractivity contribution in [1.82, 2.24) is 9.55 Å². The van der Waals surface area contributed by atoms with Crippen LogP contribution in [0.5, 0.6) is 0 Å². The summed E-state index contributed by atoms with van der Waals surface area (Å²) in [6.45, 7) is 7.93. The van der Waals surface area contributed by atoms with E-state index in [4.69, 9.17) is 25.3 Å². The quantitative estimate of drug-likeness (QED) is 0.351. The molecule has 1 aromatic carbocycles. The zero-order chi connectivity index (χ0) is 25.4. The lowest BCUT2D eigenvalue weighted by Crippen LogP contribution is -2.38. The molecular formula is C22H27ClN2O8S. The molecule has 1 saturated heterocycles. The van der Waals surface area contributed by atoms with Gasteiger partial charge in [-0.15, -0.1) is 11.6 Å². The molecule has 1 aromatic heterocycles. The van der Waals surface area contributed by atoms with Gasteiger partial charge in [-0.05, 0) is 46.8 Å². The molecule has 0 aliphatic carbocycles. The Hall–Kier alpha value is -2.47. The summed E-state index contributed by atoms with van der Waals surface area (Å²) in [5.74, 6) is -0.539. The SMILES string of the molecule is Cc1ccc(S(=O)(=O)O[C@H]2[C@@H](Cl)[C@H](n3cc(C)c(=O)[nH]c3=O)O[C@@H]2COC(=O)C(C)(C)C)cc1. The average Bonchev–Trinajstić information content (AvgIpc) is 3.03. The van der Waals surface area contributed by atoms with Crippen molar-refractivity contribution in [3.8, 4) is 0 Å². The number of ether oxygens (including phenoxy) is 2. The number of carbonyl (C=O) groups is 1. The first-order valence-corrected chi connectivity index (χ1v) is 12.3. The van der Waals surface area contributed by atoms with E-state index in [1.54, 1.807) is 32.9 Å². The molecule has 3 rings (SSSR count). The number of nitrogens with zero attached hydrogens (tertiary/aromatic N) is 1. The smallest absolute Gasteiger partial charge is 0.330 e. The van der Waals surface area contributed by atoms with Gasteiger partial charge >= 0.3 is 11.7 Å². The molecule has 1 N–H and O–H groups in total. The molecule has 1 aliphatic heterocycles. The molecule has 0 bridgehead atoms. The van der Waals surface area contributed by atoms with E-state index in [9.17, 15) is 22.8 Å². The monoisotopic (exact) mass is 514 g/mol. The van der Waals surface area contributed by atoms with E-state index in [1.807, 2.05) is 6.92 Å². The van der Waals surface area contributed by atoms with Gasteiger partial charge in [-0.3, -0.25) is 23.3 Å². The highest BCUT2D eigenvalue weighted by atomic mass is 35.5. The predicted molar refractivity (Wildman–Crippen MR) is 123 cm³/mol. The molecule has 0 radical (unpaired) electrons. The number of nitrogens with one attached hydrogen (secondary N) is 1. The van der Waals surface area contributed by atoms with Crippen LogP contribution in [-0.4, -0.2) is 48.1 Å². The Balaban J connectivity index is 1.94. The van der Waals surface area contributed by atoms with E-state index in [0.29, 0.717) is 0 Å². The maximum Gasteiger partial charge on any atom is 0.330 e. The number of alkyl halides is 1. The summed E-state index contributed by atoms with van der Waals surface area (Å²) in [6, 6.07) is 6.03. The number of halogens is 1. The van der Waals surface area contributed by atoms with Crippen LogP contribution in [-0.2, 0) is 28.6 Å². The third-order valence-corrected chi connectivity index (χ3v) is 7.01. The van der Waals surface area contributed by atoms with Gasteiger partial charge in [-0.2, -0.15) is 8.42 Å². The van der Waals surface area contributed by atoms with Crippen molar-refractivity contribution in [2.45, 2.75) is 63.3 Å². The number of hydrogen-bond donors (Lipinski definition) is 1. The van der Waals surface area contributed by atoms with Crippen molar-refractivity contribution in [3.63, 3.8) is 0 Å². The van der Waals surface area contributed by atoms with Crippen LogP contribution in [0.4, 0.5) is 0 Å². The fraction of sp³-hybridized carbons (Fsp3) is 0.500. The van der Waals surface area contributed by atoms with Crippen molar-refractivity contribution in [3.05, 3.63) is 62.4 Å². The van der Waals surface area contributed by atoms with Gasteiger partial charge in [0, 0.05) is 11.8 Å². The van der Waals surface area contributed by atoms with Crippen LogP contribution in [0.15, 0.2) is 44.9 Å². The molecule has 4 atom stereocenters. The number of aromatic nitrogens is 2. The van der Waals surface area contributed by atoms with Crippen LogP contribution >= 0.6 is 11.6 Å². The summed E-state index contributed by atoms with van der Waals surface area (Å²) in [7, 11) is -4.27. The molecule has 1 aliphatic rings. The van der Waals surface area contributed by atoms with E-state index in [-0.39, 0.29) is 17.1 Å². The molecular weight excluding hydrogens is 488 g/mol. The summed E-state index contributed by atoms with van der Waals surface area (Å²) < 4.78 is 43.5. The molecule has 0 amide bonds. The summed E-state index contributed by atoms with van der Waals surface area (Å²) in [6.07, 6.45) is -2.35. The Kier molecular flexibility index (Phi) is 7.42. The number of rotatable bonds is 6. The number of aryl methyl sites for hydroxylation is 2. The Bertz CT molecular complexity index is 1280. The highest BCUT2D eigenvalue weighted by Crippen LogP contribution is 2.37. The second kappa shape index (κ2) is 9.65. The Morgan fingerprint density at radius 1 is 1.18 bits per heavy atom. The Morgan fingerprint density at radius 2 is 1.79 bits per heavy atom. The summed E-state index contributed by atoms with van der Waals surface area (Å²) in [5, 5.41) is -1.18. The molecule has 1 fully saturated rings. The van der Waals surface area contributed by atoms with Gasteiger partial charge in [-0.1, -0.05) is 17.7 Å². The normalized spacial score (nSPS) is 23.1. The molecule has 2 aromatic rings. The third-order valence-electron chi connectivity index (χ3n) is 5.23. The molecule has 0 unspecified atom stereocenters. The van der Waals surface area contributed by atoms with Crippen LogP contribution in [0.3, 0.4) is 0 Å². The van der Waals surface area contributed by atoms with Gasteiger partial charge < -0.3 is 9.47 Å². The third kappa shape index (κ3) is 5.60. The van der Waals surface area contributed by atoms with Gasteiger partial charge in [0.05, 0.1) is 10.3 Å². The molecule has 0 spiro atoms. The van der Waals surface area contributed by atoms with Gasteiger partial charge in [0.1, 0.15) is 24.2 Å². The molecule has 34 heavy (non-hydrogen) atoms. The first-order chi connectivity index (χ1) is 15.7. The highest BCUT2D eigenvalue weighted by molar-refractivity contribution is 7.86. The lowest BCUT2D eigenvalue weighted by molar-refractivity contribution is -0.158. The second-order valence-electron chi connectivity index (χ2n) is 9.16. The van der Waals surface area contributed by atoms with Crippen molar-refractivity contribution in [2.75, 3.05) is 6.61 Å². The van der Waals surface area contributed by atoms with Crippen LogP contribution in [0, 0.1) is 19.3 Å². The van der Waals surface area contributed by atoms with Gasteiger partial charge in [0.15, 0.2) is 6.23 Å². The largest absolute Gasteiger partial charge is 0.462 e. The molecule has 186 valence electrons. The van der Waals surface area contributed by atoms with Crippen molar-refractivity contribution < 1.29 is 26.9 Å². The van der Waals surface area contributed by atoms with Gasteiger partial charge in [0.25, 0.3) is 15.7 Å². The summed E-state index contributed by atoms with van der Waals surface area (Å²) in [5.41, 5.74) is -1.09. The molecule has 12 heteroatoms. The first-order valence-electron chi connectivity index (χ1n) is 10.5. The molecule has 2 heterocycles. The number of hydrogen-bond acceptors (Lipinski definition) is 8. The van der Waals surface area contributed by atoms with Gasteiger partial charge in [0.2, 0.25) is 0 Å². The van der Waals surface area contributed by atoms with E-state index in [1.165, 1.54) is 25.3 Å². The number of carbonyl (C=O) groups excluding carboxylic acids is 1. The lowest BCUT2D eigenvalue weighted by Gasteiger charge is -2.22. The maximum atomic E-state index is 12.9. The van der Waals surface area contributed by atoms with Crippen LogP contribution in [0.1, 0.15) is 38.1 Å². The zero-order valence-electron chi connectivity index (χ0n) is 19.4.